The molecule has 0 spiro atoms. The summed E-state index contributed by atoms with van der Waals surface area (Å²) in [4.78, 5) is 25.0. The van der Waals surface area contributed by atoms with Crippen LogP contribution in [0.2, 0.25) is 0 Å². The third-order valence-corrected chi connectivity index (χ3v) is 4.28. The summed E-state index contributed by atoms with van der Waals surface area (Å²) in [6, 6.07) is 10.1. The smallest absolute Gasteiger partial charge is 0.317 e. The highest BCUT2D eigenvalue weighted by molar-refractivity contribution is 5.75. The Balaban J connectivity index is 1.83. The maximum absolute atomic E-state index is 12.3. The molecule has 2 amide bonds. The van der Waals surface area contributed by atoms with Crippen LogP contribution >= 0.6 is 0 Å². The van der Waals surface area contributed by atoms with Crippen LogP contribution in [-0.4, -0.2) is 41.1 Å². The lowest BCUT2D eigenvalue weighted by Gasteiger charge is -2.31. The van der Waals surface area contributed by atoms with Crippen molar-refractivity contribution in [3.8, 4) is 0 Å². The molecule has 1 unspecified atom stereocenters. The number of nitrogens with one attached hydrogen (secondary N) is 1. The number of benzene rings is 1. The Kier molecular flexibility index (Phi) is 5.81. The fourth-order valence-corrected chi connectivity index (χ4v) is 2.79. The summed E-state index contributed by atoms with van der Waals surface area (Å²) in [6.07, 6.45) is 2.76. The highest BCUT2D eigenvalue weighted by atomic mass is 16.4. The minimum atomic E-state index is -0.754. The van der Waals surface area contributed by atoms with E-state index in [-0.39, 0.29) is 18.0 Å². The molecule has 1 atom stereocenters. The first-order valence-electron chi connectivity index (χ1n) is 7.92. The SMILES string of the molecule is CCC(Cc1ccccc1)NC(=O)N1CCC(C(=O)O)CC1. The average molecular weight is 304 g/mol. The molecule has 2 rings (SSSR count). The molecule has 1 fully saturated rings. The molecule has 0 radical (unpaired) electrons. The van der Waals surface area contributed by atoms with Gasteiger partial charge in [0, 0.05) is 19.1 Å². The number of carboxylic acid groups (broad SMARTS) is 1. The second kappa shape index (κ2) is 7.82. The Labute approximate surface area is 131 Å². The predicted octanol–water partition coefficient (Wildman–Crippen LogP) is 2.51. The van der Waals surface area contributed by atoms with E-state index in [1.165, 1.54) is 5.56 Å². The van der Waals surface area contributed by atoms with Crippen LogP contribution < -0.4 is 5.32 Å². The van der Waals surface area contributed by atoms with Gasteiger partial charge in [0.1, 0.15) is 0 Å². The number of carbonyl (C=O) groups excluding carboxylic acids is 1. The lowest BCUT2D eigenvalue weighted by molar-refractivity contribution is -0.143. The van der Waals surface area contributed by atoms with Gasteiger partial charge < -0.3 is 15.3 Å². The van der Waals surface area contributed by atoms with Crippen molar-refractivity contribution in [3.05, 3.63) is 35.9 Å². The molecular formula is C17H24N2O3. The Morgan fingerprint density at radius 1 is 1.27 bits per heavy atom. The summed E-state index contributed by atoms with van der Waals surface area (Å²) in [5.74, 6) is -1.06. The lowest BCUT2D eigenvalue weighted by atomic mass is 9.97. The van der Waals surface area contributed by atoms with Crippen LogP contribution in [0.5, 0.6) is 0 Å². The number of carboxylic acids is 1. The highest BCUT2D eigenvalue weighted by Gasteiger charge is 2.27. The van der Waals surface area contributed by atoms with Gasteiger partial charge in [-0.25, -0.2) is 4.79 Å². The van der Waals surface area contributed by atoms with Crippen LogP contribution in [0, 0.1) is 5.92 Å². The summed E-state index contributed by atoms with van der Waals surface area (Å²) in [5.41, 5.74) is 1.21. The van der Waals surface area contributed by atoms with Gasteiger partial charge >= 0.3 is 12.0 Å². The molecule has 0 bridgehead atoms. The Morgan fingerprint density at radius 3 is 2.45 bits per heavy atom. The highest BCUT2D eigenvalue weighted by Crippen LogP contribution is 2.17. The summed E-state index contributed by atoms with van der Waals surface area (Å²) < 4.78 is 0. The van der Waals surface area contributed by atoms with E-state index in [1.807, 2.05) is 18.2 Å². The first-order chi connectivity index (χ1) is 10.6. The number of aliphatic carboxylic acids is 1. The number of nitrogens with zero attached hydrogens (tertiary/aromatic N) is 1. The van der Waals surface area contributed by atoms with Crippen molar-refractivity contribution in [3.63, 3.8) is 0 Å². The zero-order valence-corrected chi connectivity index (χ0v) is 13.0. The van der Waals surface area contributed by atoms with Gasteiger partial charge in [-0.3, -0.25) is 4.79 Å². The molecule has 0 aromatic heterocycles. The molecule has 1 aliphatic rings. The molecule has 5 nitrogen and oxygen atoms in total. The summed E-state index contributed by atoms with van der Waals surface area (Å²) in [5, 5.41) is 12.1. The van der Waals surface area contributed by atoms with Crippen molar-refractivity contribution in [2.45, 2.75) is 38.6 Å². The number of carbonyl (C=O) groups is 2. The van der Waals surface area contributed by atoms with Crippen LogP contribution in [-0.2, 0) is 11.2 Å². The number of rotatable bonds is 5. The number of hydrogen-bond acceptors (Lipinski definition) is 2. The molecule has 5 heteroatoms. The second-order valence-electron chi connectivity index (χ2n) is 5.84. The number of piperidine rings is 1. The van der Waals surface area contributed by atoms with Crippen molar-refractivity contribution >= 4 is 12.0 Å². The first kappa shape index (κ1) is 16.3. The minimum absolute atomic E-state index is 0.0772. The zero-order chi connectivity index (χ0) is 15.9. The van der Waals surface area contributed by atoms with Gasteiger partial charge in [0.2, 0.25) is 0 Å². The van der Waals surface area contributed by atoms with E-state index in [2.05, 4.69) is 24.4 Å². The van der Waals surface area contributed by atoms with Crippen molar-refractivity contribution in [2.75, 3.05) is 13.1 Å². The van der Waals surface area contributed by atoms with Gasteiger partial charge in [-0.2, -0.15) is 0 Å². The van der Waals surface area contributed by atoms with E-state index in [0.717, 1.165) is 12.8 Å². The van der Waals surface area contributed by atoms with E-state index < -0.39 is 5.97 Å². The van der Waals surface area contributed by atoms with Crippen LogP contribution in [0.3, 0.4) is 0 Å². The van der Waals surface area contributed by atoms with Crippen LogP contribution in [0.15, 0.2) is 30.3 Å². The van der Waals surface area contributed by atoms with Crippen LogP contribution in [0.4, 0.5) is 4.79 Å². The third-order valence-electron chi connectivity index (χ3n) is 4.28. The normalized spacial score (nSPS) is 17.0. The molecule has 120 valence electrons. The first-order valence-corrected chi connectivity index (χ1v) is 7.92. The van der Waals surface area contributed by atoms with E-state index in [4.69, 9.17) is 5.11 Å². The molecule has 1 saturated heterocycles. The third kappa shape index (κ3) is 4.48. The van der Waals surface area contributed by atoms with E-state index in [0.29, 0.717) is 25.9 Å². The van der Waals surface area contributed by atoms with Gasteiger partial charge in [-0.1, -0.05) is 37.3 Å². The van der Waals surface area contributed by atoms with E-state index in [1.54, 1.807) is 4.90 Å². The van der Waals surface area contributed by atoms with Gasteiger partial charge in [0.15, 0.2) is 0 Å². The van der Waals surface area contributed by atoms with Gasteiger partial charge in [-0.05, 0) is 31.2 Å². The van der Waals surface area contributed by atoms with Crippen LogP contribution in [0.25, 0.3) is 0 Å². The lowest BCUT2D eigenvalue weighted by Crippen LogP contribution is -2.48. The molecular weight excluding hydrogens is 280 g/mol. The second-order valence-corrected chi connectivity index (χ2v) is 5.84. The number of amides is 2. The number of hydrogen-bond donors (Lipinski definition) is 2. The van der Waals surface area contributed by atoms with Crippen molar-refractivity contribution in [2.24, 2.45) is 5.92 Å². The summed E-state index contributed by atoms with van der Waals surface area (Å²) >= 11 is 0. The average Bonchev–Trinajstić information content (AvgIpc) is 2.55. The monoisotopic (exact) mass is 304 g/mol. The van der Waals surface area contributed by atoms with Crippen molar-refractivity contribution in [1.29, 1.82) is 0 Å². The van der Waals surface area contributed by atoms with Gasteiger partial charge in [-0.15, -0.1) is 0 Å². The molecule has 22 heavy (non-hydrogen) atoms. The summed E-state index contributed by atoms with van der Waals surface area (Å²) in [7, 11) is 0. The Hall–Kier alpha value is -2.04. The summed E-state index contributed by atoms with van der Waals surface area (Å²) in [6.45, 7) is 3.10. The van der Waals surface area contributed by atoms with Crippen molar-refractivity contribution in [1.82, 2.24) is 10.2 Å². The van der Waals surface area contributed by atoms with Crippen molar-refractivity contribution < 1.29 is 14.7 Å². The maximum Gasteiger partial charge on any atom is 0.317 e. The fraction of sp³-hybridized carbons (Fsp3) is 0.529. The molecule has 2 N–H and O–H groups in total. The molecule has 0 aliphatic carbocycles. The van der Waals surface area contributed by atoms with E-state index in [9.17, 15) is 9.59 Å². The largest absolute Gasteiger partial charge is 0.481 e. The predicted molar refractivity (Wildman–Crippen MR) is 84.7 cm³/mol. The molecule has 1 aliphatic heterocycles. The molecule has 1 aromatic carbocycles. The topological polar surface area (TPSA) is 69.6 Å². The maximum atomic E-state index is 12.3. The zero-order valence-electron chi connectivity index (χ0n) is 13.0. The molecule has 0 saturated carbocycles. The molecule has 1 aromatic rings. The molecule has 1 heterocycles. The van der Waals surface area contributed by atoms with Crippen LogP contribution in [0.1, 0.15) is 31.7 Å². The minimum Gasteiger partial charge on any atom is -0.481 e. The quantitative estimate of drug-likeness (QED) is 0.878. The standard InChI is InChI=1S/C17H24N2O3/c1-2-15(12-13-6-4-3-5-7-13)18-17(22)19-10-8-14(9-11-19)16(20)21/h3-7,14-15H,2,8-12H2,1H3,(H,18,22)(H,20,21). The van der Waals surface area contributed by atoms with Gasteiger partial charge in [0.05, 0.1) is 5.92 Å². The fourth-order valence-electron chi connectivity index (χ4n) is 2.79. The Bertz CT molecular complexity index is 496. The number of urea groups is 1. The van der Waals surface area contributed by atoms with E-state index >= 15 is 0 Å². The number of likely N-dealkylation sites (tertiary alicyclic amines) is 1. The van der Waals surface area contributed by atoms with Gasteiger partial charge in [0.25, 0.3) is 0 Å². The Morgan fingerprint density at radius 2 is 1.91 bits per heavy atom.